The SMILES string of the molecule is Cc1cc(=O)cc(C(=O)N2C[C@@H]3C[C@H](C2)c2ccc(CN4CCCC4)c(=O)n2C3)n1C.O=CO. The third-order valence-corrected chi connectivity index (χ3v) is 7.30. The zero-order valence-electron chi connectivity index (χ0n) is 19.8. The highest BCUT2D eigenvalue weighted by atomic mass is 16.3. The Balaban J connectivity index is 0.000000868. The number of hydrogen-bond acceptors (Lipinski definition) is 5. The molecule has 1 amide bonds. The molecule has 2 aromatic heterocycles. The molecule has 1 N–H and O–H groups in total. The van der Waals surface area contributed by atoms with E-state index in [9.17, 15) is 14.4 Å². The predicted molar refractivity (Wildman–Crippen MR) is 127 cm³/mol. The Hall–Kier alpha value is -3.20. The molecule has 0 radical (unpaired) electrons. The first-order chi connectivity index (χ1) is 16.3. The van der Waals surface area contributed by atoms with E-state index in [4.69, 9.17) is 9.90 Å². The standard InChI is InChI=1S/C24H30N4O3.CH2O2/c1-16-9-20(29)11-22(25(16)2)24(31)27-12-17-10-19(15-27)21-6-5-18(23(30)28(21)13-17)14-26-7-3-4-8-26;2-1-3/h5-6,9,11,17,19H,3-4,7-8,10,12-15H2,1-2H3;1H,(H,2,3)/t17-,19+;/m0./s1. The maximum Gasteiger partial charge on any atom is 0.290 e. The monoisotopic (exact) mass is 468 g/mol. The summed E-state index contributed by atoms with van der Waals surface area (Å²) in [6.45, 7) is 6.35. The number of piperidine rings is 1. The summed E-state index contributed by atoms with van der Waals surface area (Å²) in [5, 5.41) is 6.89. The molecule has 2 bridgehead atoms. The first-order valence-electron chi connectivity index (χ1n) is 11.8. The maximum atomic E-state index is 13.3. The number of carbonyl (C=O) groups is 2. The lowest BCUT2D eigenvalue weighted by Crippen LogP contribution is -2.50. The van der Waals surface area contributed by atoms with Crippen LogP contribution in [0.4, 0.5) is 0 Å². The van der Waals surface area contributed by atoms with Gasteiger partial charge in [-0.15, -0.1) is 0 Å². The van der Waals surface area contributed by atoms with E-state index in [-0.39, 0.29) is 35.2 Å². The molecule has 9 nitrogen and oxygen atoms in total. The van der Waals surface area contributed by atoms with Crippen molar-refractivity contribution < 1.29 is 14.7 Å². The Labute approximate surface area is 198 Å². The molecule has 3 aliphatic rings. The van der Waals surface area contributed by atoms with Crippen molar-refractivity contribution in [3.05, 3.63) is 67.5 Å². The third kappa shape index (κ3) is 4.70. The second-order valence-corrected chi connectivity index (χ2v) is 9.57. The summed E-state index contributed by atoms with van der Waals surface area (Å²) >= 11 is 0. The number of rotatable bonds is 3. The van der Waals surface area contributed by atoms with Crippen LogP contribution in [0.3, 0.4) is 0 Å². The minimum atomic E-state index is -0.250. The Morgan fingerprint density at radius 3 is 2.53 bits per heavy atom. The second-order valence-electron chi connectivity index (χ2n) is 9.57. The molecule has 2 fully saturated rings. The number of aromatic nitrogens is 2. The van der Waals surface area contributed by atoms with Crippen LogP contribution in [0.5, 0.6) is 0 Å². The largest absolute Gasteiger partial charge is 0.483 e. The normalized spacial score (nSPS) is 21.4. The van der Waals surface area contributed by atoms with E-state index in [0.29, 0.717) is 25.3 Å². The zero-order valence-corrected chi connectivity index (χ0v) is 19.8. The van der Waals surface area contributed by atoms with Crippen molar-refractivity contribution in [1.29, 1.82) is 0 Å². The van der Waals surface area contributed by atoms with E-state index in [1.165, 1.54) is 18.9 Å². The van der Waals surface area contributed by atoms with Gasteiger partial charge in [-0.05, 0) is 51.3 Å². The summed E-state index contributed by atoms with van der Waals surface area (Å²) in [5.41, 5.74) is 3.13. The van der Waals surface area contributed by atoms with Gasteiger partial charge in [0.1, 0.15) is 5.69 Å². The summed E-state index contributed by atoms with van der Waals surface area (Å²) in [6, 6.07) is 7.08. The molecule has 0 unspecified atom stereocenters. The van der Waals surface area contributed by atoms with Gasteiger partial charge in [0.25, 0.3) is 17.9 Å². The molecule has 0 saturated carbocycles. The summed E-state index contributed by atoms with van der Waals surface area (Å²) in [5.74, 6) is 0.322. The lowest BCUT2D eigenvalue weighted by atomic mass is 9.82. The molecule has 0 spiro atoms. The topological polar surface area (TPSA) is 105 Å². The van der Waals surface area contributed by atoms with Gasteiger partial charge in [-0.3, -0.25) is 24.1 Å². The fourth-order valence-corrected chi connectivity index (χ4v) is 5.59. The van der Waals surface area contributed by atoms with Gasteiger partial charge in [-0.25, -0.2) is 0 Å². The van der Waals surface area contributed by atoms with Gasteiger partial charge in [0, 0.05) is 68.2 Å². The number of aryl methyl sites for hydroxylation is 1. The van der Waals surface area contributed by atoms with E-state index < -0.39 is 0 Å². The third-order valence-electron chi connectivity index (χ3n) is 7.30. The Morgan fingerprint density at radius 2 is 1.82 bits per heavy atom. The summed E-state index contributed by atoms with van der Waals surface area (Å²) in [4.78, 5) is 51.1. The van der Waals surface area contributed by atoms with Crippen LogP contribution in [0.2, 0.25) is 0 Å². The predicted octanol–water partition coefficient (Wildman–Crippen LogP) is 1.41. The molecule has 5 heterocycles. The first-order valence-corrected chi connectivity index (χ1v) is 11.8. The van der Waals surface area contributed by atoms with Gasteiger partial charge in [0.05, 0.1) is 0 Å². The van der Waals surface area contributed by atoms with Crippen LogP contribution in [0.1, 0.15) is 52.6 Å². The van der Waals surface area contributed by atoms with Crippen molar-refractivity contribution in [2.45, 2.75) is 45.2 Å². The van der Waals surface area contributed by atoms with Crippen LogP contribution in [0.15, 0.2) is 33.9 Å². The fraction of sp³-hybridized carbons (Fsp3) is 0.520. The van der Waals surface area contributed by atoms with E-state index in [1.807, 2.05) is 29.5 Å². The van der Waals surface area contributed by atoms with Crippen LogP contribution < -0.4 is 11.0 Å². The maximum absolute atomic E-state index is 13.3. The van der Waals surface area contributed by atoms with Crippen LogP contribution >= 0.6 is 0 Å². The van der Waals surface area contributed by atoms with E-state index in [1.54, 1.807) is 10.6 Å². The smallest absolute Gasteiger partial charge is 0.290 e. The average molecular weight is 469 g/mol. The van der Waals surface area contributed by atoms with Gasteiger partial charge in [-0.2, -0.15) is 0 Å². The number of amides is 1. The molecule has 0 aliphatic carbocycles. The number of hydrogen-bond donors (Lipinski definition) is 1. The Kier molecular flexibility index (Phi) is 7.02. The van der Waals surface area contributed by atoms with E-state index in [2.05, 4.69) is 11.0 Å². The Morgan fingerprint density at radius 1 is 1.12 bits per heavy atom. The molecule has 2 aromatic rings. The van der Waals surface area contributed by atoms with Gasteiger partial charge in [-0.1, -0.05) is 6.07 Å². The minimum absolute atomic E-state index is 0.0977. The summed E-state index contributed by atoms with van der Waals surface area (Å²) in [6.07, 6.45) is 3.43. The van der Waals surface area contributed by atoms with E-state index in [0.717, 1.165) is 43.0 Å². The van der Waals surface area contributed by atoms with Crippen LogP contribution in [-0.4, -0.2) is 62.6 Å². The molecular weight excluding hydrogens is 436 g/mol. The highest BCUT2D eigenvalue weighted by Gasteiger charge is 2.37. The summed E-state index contributed by atoms with van der Waals surface area (Å²) in [7, 11) is 1.82. The second kappa shape index (κ2) is 9.97. The number of carboxylic acid groups (broad SMARTS) is 1. The Bertz CT molecular complexity index is 1190. The highest BCUT2D eigenvalue weighted by Crippen LogP contribution is 2.35. The number of pyridine rings is 2. The van der Waals surface area contributed by atoms with Gasteiger partial charge in [0.2, 0.25) is 0 Å². The minimum Gasteiger partial charge on any atom is -0.483 e. The fourth-order valence-electron chi connectivity index (χ4n) is 5.59. The van der Waals surface area contributed by atoms with Crippen molar-refractivity contribution in [3.63, 3.8) is 0 Å². The average Bonchev–Trinajstić information content (AvgIpc) is 3.31. The lowest BCUT2D eigenvalue weighted by Gasteiger charge is -2.43. The zero-order chi connectivity index (χ0) is 24.4. The van der Waals surface area contributed by atoms with Gasteiger partial charge < -0.3 is 19.1 Å². The van der Waals surface area contributed by atoms with Crippen molar-refractivity contribution >= 4 is 12.4 Å². The number of carbonyl (C=O) groups excluding carboxylic acids is 1. The molecule has 9 heteroatoms. The summed E-state index contributed by atoms with van der Waals surface area (Å²) < 4.78 is 3.76. The molecule has 3 aliphatic heterocycles. The molecule has 182 valence electrons. The highest BCUT2D eigenvalue weighted by molar-refractivity contribution is 5.92. The van der Waals surface area contributed by atoms with Crippen LogP contribution in [0.25, 0.3) is 0 Å². The van der Waals surface area contributed by atoms with Crippen molar-refractivity contribution in [1.82, 2.24) is 18.9 Å². The number of fused-ring (bicyclic) bond motifs is 4. The molecule has 0 aromatic carbocycles. The van der Waals surface area contributed by atoms with Crippen molar-refractivity contribution in [3.8, 4) is 0 Å². The first kappa shape index (κ1) is 23.9. The number of likely N-dealkylation sites (tertiary alicyclic amines) is 2. The van der Waals surface area contributed by atoms with Crippen LogP contribution in [-0.2, 0) is 24.9 Å². The number of nitrogens with zero attached hydrogens (tertiary/aromatic N) is 4. The molecule has 2 saturated heterocycles. The molecule has 5 rings (SSSR count). The van der Waals surface area contributed by atoms with Crippen molar-refractivity contribution in [2.24, 2.45) is 13.0 Å². The van der Waals surface area contributed by atoms with Crippen LogP contribution in [0, 0.1) is 12.8 Å². The molecule has 34 heavy (non-hydrogen) atoms. The molecular formula is C25H32N4O5. The van der Waals surface area contributed by atoms with Gasteiger partial charge >= 0.3 is 0 Å². The quantitative estimate of drug-likeness (QED) is 0.683. The van der Waals surface area contributed by atoms with Gasteiger partial charge in [0.15, 0.2) is 5.43 Å². The van der Waals surface area contributed by atoms with Crippen molar-refractivity contribution in [2.75, 3.05) is 26.2 Å². The lowest BCUT2D eigenvalue weighted by molar-refractivity contribution is -0.122. The molecule has 2 atom stereocenters. The van der Waals surface area contributed by atoms with E-state index >= 15 is 0 Å².